The molecule has 0 N–H and O–H groups in total. The summed E-state index contributed by atoms with van der Waals surface area (Å²) in [7, 11) is 0. The first kappa shape index (κ1) is 24.3. The van der Waals surface area contributed by atoms with Crippen LogP contribution in [0.2, 0.25) is 0 Å². The van der Waals surface area contributed by atoms with Crippen LogP contribution in [0.5, 0.6) is 0 Å². The van der Waals surface area contributed by atoms with Crippen molar-refractivity contribution in [1.29, 1.82) is 0 Å². The lowest BCUT2D eigenvalue weighted by Crippen LogP contribution is -2.44. The van der Waals surface area contributed by atoms with Gasteiger partial charge >= 0.3 is 0 Å². The molecule has 2 amide bonds. The van der Waals surface area contributed by atoms with Gasteiger partial charge in [0.2, 0.25) is 5.78 Å². The fourth-order valence-corrected chi connectivity index (χ4v) is 6.64. The highest BCUT2D eigenvalue weighted by Gasteiger charge is 2.90. The van der Waals surface area contributed by atoms with Gasteiger partial charge in [0.05, 0.1) is 16.7 Å². The van der Waals surface area contributed by atoms with Crippen LogP contribution < -0.4 is 0 Å². The fourth-order valence-electron chi connectivity index (χ4n) is 6.64. The molecule has 0 radical (unpaired) electrons. The van der Waals surface area contributed by atoms with E-state index >= 15 is 0 Å². The van der Waals surface area contributed by atoms with Crippen LogP contribution in [0.25, 0.3) is 0 Å². The molecule has 1 aliphatic carbocycles. The SMILES string of the molecule is CC(C)(C)N1N=C(Cc2ccccc2)C2(C1=O)[C@@H](c1ccccc1)C21CN(Cc2ccccc2)C(=O)C1=O. The standard InChI is InChI=1S/C32H31N3O3/c1-30(2,3)35-29(38)32(25(33-35)19-22-13-7-4-8-14-22)26(24-17-11-6-12-18-24)31(32)21-34(28(37)27(31)36)20-23-15-9-5-10-16-23/h4-18,26H,19-21H2,1-3H3/t26-,31?,32?/m0/s1. The molecule has 2 fully saturated rings. The van der Waals surface area contributed by atoms with Gasteiger partial charge in [-0.1, -0.05) is 91.0 Å². The van der Waals surface area contributed by atoms with E-state index in [0.717, 1.165) is 16.7 Å². The predicted molar refractivity (Wildman–Crippen MR) is 145 cm³/mol. The summed E-state index contributed by atoms with van der Waals surface area (Å²) in [5.74, 6) is -1.65. The first-order valence-corrected chi connectivity index (χ1v) is 13.1. The average molecular weight is 506 g/mol. The number of ketones is 1. The third kappa shape index (κ3) is 3.32. The highest BCUT2D eigenvalue weighted by molar-refractivity contribution is 6.45. The second-order valence-corrected chi connectivity index (χ2v) is 11.6. The van der Waals surface area contributed by atoms with Gasteiger partial charge in [-0.25, -0.2) is 5.01 Å². The molecule has 38 heavy (non-hydrogen) atoms. The van der Waals surface area contributed by atoms with Crippen LogP contribution in [-0.2, 0) is 27.3 Å². The minimum Gasteiger partial charge on any atom is -0.331 e. The number of hydrazone groups is 1. The Labute approximate surface area is 223 Å². The number of likely N-dealkylation sites (tertiary alicyclic amines) is 1. The van der Waals surface area contributed by atoms with E-state index in [9.17, 15) is 14.4 Å². The molecule has 3 aromatic carbocycles. The molecule has 6 rings (SSSR count). The first-order valence-electron chi connectivity index (χ1n) is 13.1. The molecule has 2 aliphatic heterocycles. The quantitative estimate of drug-likeness (QED) is 0.476. The second-order valence-electron chi connectivity index (χ2n) is 11.6. The molecule has 6 heteroatoms. The predicted octanol–water partition coefficient (Wildman–Crippen LogP) is 4.61. The molecule has 2 spiro atoms. The van der Waals surface area contributed by atoms with Gasteiger partial charge in [-0.2, -0.15) is 5.10 Å². The van der Waals surface area contributed by atoms with Gasteiger partial charge in [-0.15, -0.1) is 0 Å². The van der Waals surface area contributed by atoms with Crippen molar-refractivity contribution in [2.45, 2.75) is 45.2 Å². The minimum absolute atomic E-state index is 0.188. The second kappa shape index (κ2) is 8.48. The van der Waals surface area contributed by atoms with Gasteiger partial charge in [0.25, 0.3) is 11.8 Å². The molecule has 6 nitrogen and oxygen atoms in total. The Balaban J connectivity index is 1.50. The highest BCUT2D eigenvalue weighted by Crippen LogP contribution is 2.79. The van der Waals surface area contributed by atoms with E-state index in [1.54, 1.807) is 9.91 Å². The zero-order valence-electron chi connectivity index (χ0n) is 21.9. The van der Waals surface area contributed by atoms with Crippen molar-refractivity contribution in [2.75, 3.05) is 6.54 Å². The van der Waals surface area contributed by atoms with Crippen LogP contribution in [0, 0.1) is 10.8 Å². The summed E-state index contributed by atoms with van der Waals surface area (Å²) in [6.07, 6.45) is 0.435. The summed E-state index contributed by atoms with van der Waals surface area (Å²) in [5.41, 5.74) is 0.550. The van der Waals surface area contributed by atoms with Crippen molar-refractivity contribution in [3.8, 4) is 0 Å². The number of benzene rings is 3. The van der Waals surface area contributed by atoms with Gasteiger partial charge in [0.15, 0.2) is 0 Å². The maximum Gasteiger partial charge on any atom is 0.291 e. The Morgan fingerprint density at radius 2 is 1.37 bits per heavy atom. The number of carbonyl (C=O) groups excluding carboxylic acids is 3. The van der Waals surface area contributed by atoms with Crippen LogP contribution in [0.4, 0.5) is 0 Å². The normalized spacial score (nSPS) is 26.6. The minimum atomic E-state index is -1.20. The molecule has 192 valence electrons. The lowest BCUT2D eigenvalue weighted by Gasteiger charge is -2.29. The number of Topliss-reactive ketones (excluding diaryl/α,β-unsaturated/α-hetero) is 1. The summed E-state index contributed by atoms with van der Waals surface area (Å²) in [6, 6.07) is 29.3. The molecule has 0 aromatic heterocycles. The highest BCUT2D eigenvalue weighted by atomic mass is 16.2. The Morgan fingerprint density at radius 3 is 1.95 bits per heavy atom. The first-order chi connectivity index (χ1) is 18.2. The van der Waals surface area contributed by atoms with E-state index in [-0.39, 0.29) is 12.5 Å². The molecule has 2 unspecified atom stereocenters. The molecule has 3 atom stereocenters. The van der Waals surface area contributed by atoms with Crippen LogP contribution in [0.1, 0.15) is 43.4 Å². The largest absolute Gasteiger partial charge is 0.331 e. The number of hydrogen-bond acceptors (Lipinski definition) is 4. The molecule has 2 heterocycles. The van der Waals surface area contributed by atoms with Crippen LogP contribution in [-0.4, -0.2) is 45.3 Å². The van der Waals surface area contributed by atoms with Crippen molar-refractivity contribution >= 4 is 23.3 Å². The van der Waals surface area contributed by atoms with Crippen molar-refractivity contribution in [2.24, 2.45) is 15.9 Å². The number of amides is 2. The van der Waals surface area contributed by atoms with Crippen LogP contribution in [0.3, 0.4) is 0 Å². The zero-order valence-corrected chi connectivity index (χ0v) is 21.9. The summed E-state index contributed by atoms with van der Waals surface area (Å²) < 4.78 is 0. The number of nitrogens with zero attached hydrogens (tertiary/aromatic N) is 3. The fraction of sp³-hybridized carbons (Fsp3) is 0.312. The van der Waals surface area contributed by atoms with Crippen molar-refractivity contribution in [3.05, 3.63) is 108 Å². The van der Waals surface area contributed by atoms with Gasteiger partial charge in [-0.05, 0) is 37.5 Å². The monoisotopic (exact) mass is 505 g/mol. The molecule has 1 saturated heterocycles. The molecule has 0 bridgehead atoms. The van der Waals surface area contributed by atoms with E-state index in [4.69, 9.17) is 5.10 Å². The maximum absolute atomic E-state index is 14.5. The molecular formula is C32H31N3O3. The third-order valence-corrected chi connectivity index (χ3v) is 8.28. The smallest absolute Gasteiger partial charge is 0.291 e. The molecular weight excluding hydrogens is 474 g/mol. The Morgan fingerprint density at radius 1 is 0.816 bits per heavy atom. The molecule has 1 saturated carbocycles. The molecule has 3 aromatic rings. The number of fused-ring (bicyclic) bond motifs is 1. The van der Waals surface area contributed by atoms with E-state index in [1.165, 1.54) is 0 Å². The van der Waals surface area contributed by atoms with Crippen molar-refractivity contribution in [1.82, 2.24) is 9.91 Å². The topological polar surface area (TPSA) is 70.1 Å². The molecule has 3 aliphatic rings. The van der Waals surface area contributed by atoms with Crippen molar-refractivity contribution < 1.29 is 14.4 Å². The number of carbonyl (C=O) groups is 3. The number of hydrogen-bond donors (Lipinski definition) is 0. The van der Waals surface area contributed by atoms with Crippen LogP contribution in [0.15, 0.2) is 96.1 Å². The summed E-state index contributed by atoms with van der Waals surface area (Å²) in [4.78, 5) is 43.8. The van der Waals surface area contributed by atoms with E-state index in [2.05, 4.69) is 0 Å². The van der Waals surface area contributed by atoms with Crippen LogP contribution >= 0.6 is 0 Å². The average Bonchev–Trinajstić information content (AvgIpc) is 3.32. The van der Waals surface area contributed by atoms with E-state index < -0.39 is 34.0 Å². The lowest BCUT2D eigenvalue weighted by atomic mass is 9.83. The van der Waals surface area contributed by atoms with Crippen molar-refractivity contribution in [3.63, 3.8) is 0 Å². The summed E-state index contributed by atoms with van der Waals surface area (Å²) >= 11 is 0. The van der Waals surface area contributed by atoms with Gasteiger partial charge in [0, 0.05) is 25.4 Å². The zero-order chi connectivity index (χ0) is 26.7. The van der Waals surface area contributed by atoms with Gasteiger partial charge < -0.3 is 4.90 Å². The van der Waals surface area contributed by atoms with E-state index in [0.29, 0.717) is 18.7 Å². The Kier molecular flexibility index (Phi) is 5.42. The van der Waals surface area contributed by atoms with E-state index in [1.807, 2.05) is 112 Å². The maximum atomic E-state index is 14.5. The summed E-state index contributed by atoms with van der Waals surface area (Å²) in [6.45, 7) is 6.36. The van der Waals surface area contributed by atoms with Gasteiger partial charge in [0.1, 0.15) is 5.41 Å². The van der Waals surface area contributed by atoms with Gasteiger partial charge in [-0.3, -0.25) is 14.4 Å². The number of rotatable bonds is 5. The Bertz CT molecular complexity index is 1450. The summed E-state index contributed by atoms with van der Waals surface area (Å²) in [5, 5.41) is 6.48. The Hall–Kier alpha value is -4.06. The lowest BCUT2D eigenvalue weighted by molar-refractivity contribution is -0.143. The third-order valence-electron chi connectivity index (χ3n) is 8.28.